The van der Waals surface area contributed by atoms with E-state index in [1.165, 1.54) is 12.1 Å². The molecule has 0 aliphatic heterocycles. The highest BCUT2D eigenvalue weighted by molar-refractivity contribution is 6.05. The van der Waals surface area contributed by atoms with Gasteiger partial charge in [-0.05, 0) is 6.92 Å². The number of aliphatic carboxylic acids is 1. The largest absolute Gasteiger partial charge is 0.479 e. The van der Waals surface area contributed by atoms with Crippen molar-refractivity contribution < 1.29 is 19.8 Å². The van der Waals surface area contributed by atoms with Crippen molar-refractivity contribution in [2.45, 2.75) is 12.5 Å². The highest BCUT2D eigenvalue weighted by Crippen LogP contribution is 2.22. The molecule has 4 heteroatoms. The van der Waals surface area contributed by atoms with E-state index in [9.17, 15) is 14.7 Å². The van der Waals surface area contributed by atoms with Crippen molar-refractivity contribution in [2.24, 2.45) is 0 Å². The molecule has 0 bridgehead atoms. The van der Waals surface area contributed by atoms with Crippen LogP contribution < -0.4 is 0 Å². The van der Waals surface area contributed by atoms with Crippen molar-refractivity contribution in [1.82, 2.24) is 0 Å². The van der Waals surface area contributed by atoms with Gasteiger partial charge in [-0.15, -0.1) is 0 Å². The van der Waals surface area contributed by atoms with E-state index in [0.29, 0.717) is 0 Å². The minimum absolute atomic E-state index is 0.0694. The number of aliphatic hydroxyl groups is 1. The first-order valence-electron chi connectivity index (χ1n) is 4.02. The van der Waals surface area contributed by atoms with Gasteiger partial charge in [-0.25, -0.2) is 4.79 Å². The summed E-state index contributed by atoms with van der Waals surface area (Å²) >= 11 is 0. The topological polar surface area (TPSA) is 74.6 Å². The molecule has 1 unspecified atom stereocenters. The lowest BCUT2D eigenvalue weighted by Gasteiger charge is -2.20. The Kier molecular flexibility index (Phi) is 2.67. The van der Waals surface area contributed by atoms with Crippen LogP contribution in [-0.2, 0) is 15.2 Å². The fourth-order valence-corrected chi connectivity index (χ4v) is 1.16. The van der Waals surface area contributed by atoms with Crippen LogP contribution in [0.5, 0.6) is 0 Å². The molecule has 0 heterocycles. The summed E-state index contributed by atoms with van der Waals surface area (Å²) in [6.07, 6.45) is 0. The summed E-state index contributed by atoms with van der Waals surface area (Å²) in [7, 11) is 0. The smallest absolute Gasteiger partial charge is 0.348 e. The number of Topliss-reactive ketones (excluding diaryl/α,β-unsaturated/α-hetero) is 1. The molecule has 1 aromatic rings. The fraction of sp³-hybridized carbons (Fsp3) is 0.200. The summed E-state index contributed by atoms with van der Waals surface area (Å²) in [6, 6.07) is 7.59. The van der Waals surface area contributed by atoms with Gasteiger partial charge in [-0.3, -0.25) is 4.79 Å². The maximum absolute atomic E-state index is 11.1. The SMILES string of the molecule is CC(=O)C(O)(C(=O)O)c1ccccc1. The number of hydrogen-bond donors (Lipinski definition) is 2. The molecule has 0 amide bonds. The Morgan fingerprint density at radius 3 is 2.07 bits per heavy atom. The molecule has 0 spiro atoms. The lowest BCUT2D eigenvalue weighted by atomic mass is 9.90. The maximum Gasteiger partial charge on any atom is 0.348 e. The Bertz CT molecular complexity index is 342. The van der Waals surface area contributed by atoms with E-state index in [1.807, 2.05) is 0 Å². The number of carboxylic acid groups (broad SMARTS) is 1. The van der Waals surface area contributed by atoms with Gasteiger partial charge in [-0.2, -0.15) is 0 Å². The quantitative estimate of drug-likeness (QED) is 0.689. The molecule has 74 valence electrons. The second-order valence-corrected chi connectivity index (χ2v) is 2.94. The molecule has 0 radical (unpaired) electrons. The van der Waals surface area contributed by atoms with Crippen LogP contribution in [0.3, 0.4) is 0 Å². The molecule has 14 heavy (non-hydrogen) atoms. The Morgan fingerprint density at radius 1 is 1.21 bits per heavy atom. The highest BCUT2D eigenvalue weighted by Gasteiger charge is 2.43. The number of ketones is 1. The van der Waals surface area contributed by atoms with Crippen LogP contribution >= 0.6 is 0 Å². The average Bonchev–Trinajstić information content (AvgIpc) is 2.17. The van der Waals surface area contributed by atoms with Crippen molar-refractivity contribution in [3.63, 3.8) is 0 Å². The second-order valence-electron chi connectivity index (χ2n) is 2.94. The normalized spacial score (nSPS) is 14.4. The van der Waals surface area contributed by atoms with Crippen molar-refractivity contribution in [2.75, 3.05) is 0 Å². The summed E-state index contributed by atoms with van der Waals surface area (Å²) in [5, 5.41) is 18.5. The molecular weight excluding hydrogens is 184 g/mol. The predicted molar refractivity (Wildman–Crippen MR) is 48.7 cm³/mol. The van der Waals surface area contributed by atoms with Gasteiger partial charge in [0.2, 0.25) is 5.60 Å². The van der Waals surface area contributed by atoms with Gasteiger partial charge < -0.3 is 10.2 Å². The molecule has 0 aromatic heterocycles. The third-order valence-corrected chi connectivity index (χ3v) is 2.01. The molecule has 1 rings (SSSR count). The van der Waals surface area contributed by atoms with E-state index in [1.54, 1.807) is 18.2 Å². The summed E-state index contributed by atoms with van der Waals surface area (Å²) in [4.78, 5) is 21.9. The Labute approximate surface area is 80.8 Å². The number of carboxylic acids is 1. The molecular formula is C10H10O4. The minimum atomic E-state index is -2.43. The standard InChI is InChI=1S/C10H10O4/c1-7(11)10(14,9(12)13)8-5-3-2-4-6-8/h2-6,14H,1H3,(H,12,13). The molecule has 0 saturated carbocycles. The predicted octanol–water partition coefficient (Wildman–Crippen LogP) is 0.548. The summed E-state index contributed by atoms with van der Waals surface area (Å²) in [5.41, 5.74) is -2.36. The van der Waals surface area contributed by atoms with Crippen molar-refractivity contribution in [1.29, 1.82) is 0 Å². The molecule has 0 aliphatic rings. The molecule has 4 nitrogen and oxygen atoms in total. The van der Waals surface area contributed by atoms with Crippen molar-refractivity contribution in [3.8, 4) is 0 Å². The van der Waals surface area contributed by atoms with Crippen LogP contribution in [-0.4, -0.2) is 22.0 Å². The average molecular weight is 194 g/mol. The summed E-state index contributed by atoms with van der Waals surface area (Å²) in [6.45, 7) is 1.04. The lowest BCUT2D eigenvalue weighted by molar-refractivity contribution is -0.165. The number of carbonyl (C=O) groups is 2. The van der Waals surface area contributed by atoms with E-state index < -0.39 is 17.4 Å². The first-order chi connectivity index (χ1) is 6.49. The Morgan fingerprint density at radius 2 is 1.71 bits per heavy atom. The van der Waals surface area contributed by atoms with Gasteiger partial charge in [-0.1, -0.05) is 30.3 Å². The first kappa shape index (κ1) is 10.4. The van der Waals surface area contributed by atoms with Gasteiger partial charge in [0.1, 0.15) is 0 Å². The second kappa shape index (κ2) is 3.59. The van der Waals surface area contributed by atoms with Crippen molar-refractivity contribution >= 4 is 11.8 Å². The van der Waals surface area contributed by atoms with Crippen LogP contribution in [0, 0.1) is 0 Å². The zero-order chi connectivity index (χ0) is 10.8. The first-order valence-corrected chi connectivity index (χ1v) is 4.02. The van der Waals surface area contributed by atoms with Crippen LogP contribution in [0.1, 0.15) is 12.5 Å². The van der Waals surface area contributed by atoms with Crippen LogP contribution in [0.4, 0.5) is 0 Å². The molecule has 0 aliphatic carbocycles. The van der Waals surface area contributed by atoms with Crippen LogP contribution in [0.2, 0.25) is 0 Å². The zero-order valence-electron chi connectivity index (χ0n) is 7.60. The fourth-order valence-electron chi connectivity index (χ4n) is 1.16. The van der Waals surface area contributed by atoms with E-state index in [2.05, 4.69) is 0 Å². The lowest BCUT2D eigenvalue weighted by Crippen LogP contribution is -2.42. The van der Waals surface area contributed by atoms with Crippen molar-refractivity contribution in [3.05, 3.63) is 35.9 Å². The molecule has 1 atom stereocenters. The third-order valence-electron chi connectivity index (χ3n) is 2.01. The maximum atomic E-state index is 11.1. The van der Waals surface area contributed by atoms with E-state index in [4.69, 9.17) is 5.11 Å². The van der Waals surface area contributed by atoms with E-state index >= 15 is 0 Å². The third kappa shape index (κ3) is 1.52. The highest BCUT2D eigenvalue weighted by atomic mass is 16.4. The summed E-state index contributed by atoms with van der Waals surface area (Å²) in [5.74, 6) is -2.37. The van der Waals surface area contributed by atoms with Gasteiger partial charge in [0, 0.05) is 5.56 Å². The van der Waals surface area contributed by atoms with Crippen LogP contribution in [0.15, 0.2) is 30.3 Å². The number of benzene rings is 1. The molecule has 1 aromatic carbocycles. The monoisotopic (exact) mass is 194 g/mol. The van der Waals surface area contributed by atoms with Gasteiger partial charge in [0.25, 0.3) is 0 Å². The number of carbonyl (C=O) groups excluding carboxylic acids is 1. The van der Waals surface area contributed by atoms with Gasteiger partial charge >= 0.3 is 5.97 Å². The van der Waals surface area contributed by atoms with E-state index in [-0.39, 0.29) is 5.56 Å². The van der Waals surface area contributed by atoms with E-state index in [0.717, 1.165) is 6.92 Å². The molecule has 0 fully saturated rings. The zero-order valence-corrected chi connectivity index (χ0v) is 7.60. The number of rotatable bonds is 3. The van der Waals surface area contributed by atoms with Gasteiger partial charge in [0.15, 0.2) is 5.78 Å². The summed E-state index contributed by atoms with van der Waals surface area (Å²) < 4.78 is 0. The van der Waals surface area contributed by atoms with Gasteiger partial charge in [0.05, 0.1) is 0 Å². The number of hydrogen-bond acceptors (Lipinski definition) is 3. The van der Waals surface area contributed by atoms with Crippen LogP contribution in [0.25, 0.3) is 0 Å². The molecule has 2 N–H and O–H groups in total. The minimum Gasteiger partial charge on any atom is -0.479 e. The molecule has 0 saturated heterocycles. The Balaban J connectivity index is 3.27. The Hall–Kier alpha value is -1.68.